The van der Waals surface area contributed by atoms with Gasteiger partial charge in [0.05, 0.1) is 16.6 Å². The summed E-state index contributed by atoms with van der Waals surface area (Å²) in [5.74, 6) is -0.741. The van der Waals surface area contributed by atoms with Gasteiger partial charge in [-0.3, -0.25) is 4.79 Å². The van der Waals surface area contributed by atoms with Gasteiger partial charge in [-0.05, 0) is 30.3 Å². The first-order valence-electron chi connectivity index (χ1n) is 7.72. The summed E-state index contributed by atoms with van der Waals surface area (Å²) in [5, 5.41) is 9.00. The Balaban J connectivity index is 1.53. The highest BCUT2D eigenvalue weighted by Crippen LogP contribution is 2.27. The lowest BCUT2D eigenvalue weighted by Gasteiger charge is -2.07. The largest absolute Gasteiger partial charge is 0.348 e. The zero-order chi connectivity index (χ0) is 18.1. The van der Waals surface area contributed by atoms with Crippen LogP contribution < -0.4 is 5.32 Å². The van der Waals surface area contributed by atoms with E-state index in [2.05, 4.69) is 15.4 Å². The number of benzene rings is 1. The Hall–Kier alpha value is -2.77. The molecule has 0 saturated carbocycles. The molecule has 0 atom stereocenters. The van der Waals surface area contributed by atoms with Gasteiger partial charge < -0.3 is 5.32 Å². The molecule has 3 aromatic heterocycles. The molecule has 3 heterocycles. The topological polar surface area (TPSA) is 59.3 Å². The Bertz CT molecular complexity index is 1090. The molecule has 0 fully saturated rings. The van der Waals surface area contributed by atoms with Crippen LogP contribution in [0.2, 0.25) is 5.02 Å². The van der Waals surface area contributed by atoms with Gasteiger partial charge in [0, 0.05) is 28.7 Å². The number of hydrogen-bond acceptors (Lipinski definition) is 4. The third-order valence-electron chi connectivity index (χ3n) is 3.88. The smallest absolute Gasteiger partial charge is 0.252 e. The average molecular weight is 387 g/mol. The molecule has 0 unspecified atom stereocenters. The van der Waals surface area contributed by atoms with E-state index in [4.69, 9.17) is 11.6 Å². The number of halogens is 2. The number of carbonyl (C=O) groups is 1. The van der Waals surface area contributed by atoms with E-state index in [9.17, 15) is 9.18 Å². The first kappa shape index (κ1) is 16.7. The zero-order valence-electron chi connectivity index (χ0n) is 13.3. The lowest BCUT2D eigenvalue weighted by molar-refractivity contribution is 0.0951. The Labute approximate surface area is 157 Å². The summed E-state index contributed by atoms with van der Waals surface area (Å²) < 4.78 is 15.5. The van der Waals surface area contributed by atoms with Gasteiger partial charge in [0.15, 0.2) is 5.65 Å². The molecular formula is C18H12ClFN4OS. The van der Waals surface area contributed by atoms with E-state index in [1.807, 2.05) is 12.1 Å². The second-order valence-electron chi connectivity index (χ2n) is 5.52. The molecule has 26 heavy (non-hydrogen) atoms. The molecule has 5 nitrogen and oxygen atoms in total. The standard InChI is InChI=1S/C18H12ClFN4OS/c19-13-3-1-4-14(20)12(13)8-22-18(25)11-7-16(26-10-11)15-9-21-17-5-2-6-23-24(15)17/h1-7,9-10H,8H2,(H,22,25). The van der Waals surface area contributed by atoms with E-state index in [-0.39, 0.29) is 23.0 Å². The van der Waals surface area contributed by atoms with Gasteiger partial charge in [0.1, 0.15) is 11.5 Å². The highest BCUT2D eigenvalue weighted by atomic mass is 35.5. The van der Waals surface area contributed by atoms with Gasteiger partial charge in [0.25, 0.3) is 5.91 Å². The predicted octanol–water partition coefficient (Wildman–Crippen LogP) is 4.18. The third-order valence-corrected chi connectivity index (χ3v) is 5.19. The molecule has 0 bridgehead atoms. The second kappa shape index (κ2) is 6.86. The fourth-order valence-electron chi connectivity index (χ4n) is 2.56. The molecule has 0 spiro atoms. The number of imidazole rings is 1. The van der Waals surface area contributed by atoms with Crippen molar-refractivity contribution in [1.82, 2.24) is 19.9 Å². The Morgan fingerprint density at radius 3 is 3.04 bits per heavy atom. The highest BCUT2D eigenvalue weighted by molar-refractivity contribution is 7.13. The molecule has 4 rings (SSSR count). The zero-order valence-corrected chi connectivity index (χ0v) is 14.9. The van der Waals surface area contributed by atoms with Crippen molar-refractivity contribution in [2.45, 2.75) is 6.54 Å². The van der Waals surface area contributed by atoms with E-state index < -0.39 is 5.82 Å². The predicted molar refractivity (Wildman–Crippen MR) is 98.9 cm³/mol. The summed E-state index contributed by atoms with van der Waals surface area (Å²) in [4.78, 5) is 17.5. The molecule has 0 aliphatic carbocycles. The van der Waals surface area contributed by atoms with Crippen molar-refractivity contribution in [1.29, 1.82) is 0 Å². The number of thiophene rings is 1. The fraction of sp³-hybridized carbons (Fsp3) is 0.0556. The Morgan fingerprint density at radius 1 is 1.31 bits per heavy atom. The summed E-state index contributed by atoms with van der Waals surface area (Å²) in [6.07, 6.45) is 3.40. The molecule has 130 valence electrons. The summed E-state index contributed by atoms with van der Waals surface area (Å²) in [6.45, 7) is 0.0205. The summed E-state index contributed by atoms with van der Waals surface area (Å²) in [7, 11) is 0. The fourth-order valence-corrected chi connectivity index (χ4v) is 3.67. The van der Waals surface area contributed by atoms with E-state index in [1.165, 1.54) is 23.5 Å². The average Bonchev–Trinajstić information content (AvgIpc) is 3.28. The van der Waals surface area contributed by atoms with Crippen molar-refractivity contribution in [2.24, 2.45) is 0 Å². The Morgan fingerprint density at radius 2 is 2.19 bits per heavy atom. The molecule has 0 radical (unpaired) electrons. The molecule has 0 aliphatic heterocycles. The van der Waals surface area contributed by atoms with Gasteiger partial charge >= 0.3 is 0 Å². The van der Waals surface area contributed by atoms with E-state index in [1.54, 1.807) is 34.4 Å². The third kappa shape index (κ3) is 3.07. The van der Waals surface area contributed by atoms with Crippen LogP contribution in [0.15, 0.2) is 54.2 Å². The first-order valence-corrected chi connectivity index (χ1v) is 8.98. The second-order valence-corrected chi connectivity index (χ2v) is 6.84. The molecule has 4 aromatic rings. The van der Waals surface area contributed by atoms with Crippen LogP contribution in [-0.4, -0.2) is 20.5 Å². The van der Waals surface area contributed by atoms with E-state index >= 15 is 0 Å². The normalized spacial score (nSPS) is 11.0. The van der Waals surface area contributed by atoms with E-state index in [0.29, 0.717) is 5.56 Å². The van der Waals surface area contributed by atoms with Crippen molar-refractivity contribution in [3.63, 3.8) is 0 Å². The van der Waals surface area contributed by atoms with Gasteiger partial charge in [-0.25, -0.2) is 13.9 Å². The van der Waals surface area contributed by atoms with Crippen LogP contribution >= 0.6 is 22.9 Å². The first-order chi connectivity index (χ1) is 12.6. The van der Waals surface area contributed by atoms with Crippen LogP contribution in [0.25, 0.3) is 16.2 Å². The maximum atomic E-state index is 13.8. The number of nitrogens with one attached hydrogen (secondary N) is 1. The van der Waals surface area contributed by atoms with Crippen LogP contribution in [0.5, 0.6) is 0 Å². The maximum Gasteiger partial charge on any atom is 0.252 e. The van der Waals surface area contributed by atoms with Crippen molar-refractivity contribution in [3.8, 4) is 10.6 Å². The SMILES string of the molecule is O=C(NCc1c(F)cccc1Cl)c1csc(-c2cnc3cccnn23)c1. The summed E-state index contributed by atoms with van der Waals surface area (Å²) in [6, 6.07) is 9.86. The maximum absolute atomic E-state index is 13.8. The molecule has 0 saturated heterocycles. The highest BCUT2D eigenvalue weighted by Gasteiger charge is 2.14. The molecule has 1 aromatic carbocycles. The van der Waals surface area contributed by atoms with Gasteiger partial charge in [-0.15, -0.1) is 11.3 Å². The van der Waals surface area contributed by atoms with Gasteiger partial charge in [-0.2, -0.15) is 5.10 Å². The Kier molecular flexibility index (Phi) is 4.40. The van der Waals surface area contributed by atoms with Crippen molar-refractivity contribution < 1.29 is 9.18 Å². The number of hydrogen-bond donors (Lipinski definition) is 1. The van der Waals surface area contributed by atoms with Gasteiger partial charge in [-0.1, -0.05) is 17.7 Å². The van der Waals surface area contributed by atoms with Crippen molar-refractivity contribution in [3.05, 3.63) is 76.1 Å². The summed E-state index contributed by atoms with van der Waals surface area (Å²) >= 11 is 7.40. The van der Waals surface area contributed by atoms with Gasteiger partial charge in [0.2, 0.25) is 0 Å². The minimum absolute atomic E-state index is 0.0205. The van der Waals surface area contributed by atoms with Crippen LogP contribution in [0.1, 0.15) is 15.9 Å². The molecular weight excluding hydrogens is 375 g/mol. The monoisotopic (exact) mass is 386 g/mol. The lowest BCUT2D eigenvalue weighted by Crippen LogP contribution is -2.23. The van der Waals surface area contributed by atoms with Crippen LogP contribution in [0, 0.1) is 5.82 Å². The quantitative estimate of drug-likeness (QED) is 0.572. The summed E-state index contributed by atoms with van der Waals surface area (Å²) in [5.41, 5.74) is 2.30. The van der Waals surface area contributed by atoms with Crippen LogP contribution in [-0.2, 0) is 6.54 Å². The number of nitrogens with zero attached hydrogens (tertiary/aromatic N) is 3. The number of aromatic nitrogens is 3. The lowest BCUT2D eigenvalue weighted by atomic mass is 10.2. The van der Waals surface area contributed by atoms with E-state index in [0.717, 1.165) is 16.2 Å². The van der Waals surface area contributed by atoms with Crippen LogP contribution in [0.3, 0.4) is 0 Å². The molecule has 1 amide bonds. The minimum atomic E-state index is -0.444. The molecule has 0 aliphatic rings. The van der Waals surface area contributed by atoms with Crippen molar-refractivity contribution >= 4 is 34.5 Å². The number of rotatable bonds is 4. The van der Waals surface area contributed by atoms with Crippen LogP contribution in [0.4, 0.5) is 4.39 Å². The molecule has 1 N–H and O–H groups in total. The minimum Gasteiger partial charge on any atom is -0.348 e. The number of fused-ring (bicyclic) bond motifs is 1. The number of amides is 1. The number of carbonyl (C=O) groups excluding carboxylic acids is 1. The van der Waals surface area contributed by atoms with Crippen molar-refractivity contribution in [2.75, 3.05) is 0 Å². The molecule has 8 heteroatoms.